The molecule has 0 bridgehead atoms. The van der Waals surface area contributed by atoms with E-state index < -0.39 is 36.3 Å². The SMILES string of the molecule is Nc1ncnc2c1ncn2[C@@H]1O[C@H](COC(=O)c2ccccc2F)[C@@H](O)[C@H]1O. The van der Waals surface area contributed by atoms with Crippen LogP contribution in [0.15, 0.2) is 36.9 Å². The molecule has 3 heterocycles. The molecule has 10 nitrogen and oxygen atoms in total. The van der Waals surface area contributed by atoms with Crippen molar-refractivity contribution in [1.29, 1.82) is 0 Å². The number of hydrogen-bond donors (Lipinski definition) is 3. The van der Waals surface area contributed by atoms with Gasteiger partial charge in [0.25, 0.3) is 0 Å². The number of halogens is 1. The minimum Gasteiger partial charge on any atom is -0.459 e. The molecule has 2 aromatic heterocycles. The second kappa shape index (κ2) is 7.11. The minimum atomic E-state index is -1.35. The van der Waals surface area contributed by atoms with Crippen LogP contribution in [-0.2, 0) is 9.47 Å². The highest BCUT2D eigenvalue weighted by Gasteiger charge is 2.45. The van der Waals surface area contributed by atoms with Crippen molar-refractivity contribution in [3.8, 4) is 0 Å². The van der Waals surface area contributed by atoms with Gasteiger partial charge in [0.2, 0.25) is 0 Å². The third-order valence-electron chi connectivity index (χ3n) is 4.47. The van der Waals surface area contributed by atoms with Crippen LogP contribution in [0, 0.1) is 5.82 Å². The van der Waals surface area contributed by atoms with Crippen LogP contribution in [0.25, 0.3) is 11.2 Å². The third-order valence-corrected chi connectivity index (χ3v) is 4.47. The largest absolute Gasteiger partial charge is 0.459 e. The first-order valence-electron chi connectivity index (χ1n) is 8.33. The number of esters is 1. The van der Waals surface area contributed by atoms with E-state index in [9.17, 15) is 19.4 Å². The summed E-state index contributed by atoms with van der Waals surface area (Å²) < 4.78 is 25.7. The number of benzene rings is 1. The Morgan fingerprint density at radius 1 is 1.25 bits per heavy atom. The first-order chi connectivity index (χ1) is 13.5. The number of anilines is 1. The Bertz CT molecular complexity index is 1030. The lowest BCUT2D eigenvalue weighted by molar-refractivity contribution is -0.0566. The fourth-order valence-electron chi connectivity index (χ4n) is 3.02. The van der Waals surface area contributed by atoms with Crippen LogP contribution in [0.5, 0.6) is 0 Å². The predicted molar refractivity (Wildman–Crippen MR) is 92.3 cm³/mol. The summed E-state index contributed by atoms with van der Waals surface area (Å²) in [5.74, 6) is -1.46. The number of nitrogen functional groups attached to an aromatic ring is 1. The molecule has 3 aromatic rings. The molecule has 11 heteroatoms. The normalized spacial score (nSPS) is 24.5. The molecule has 0 amide bonds. The molecule has 4 N–H and O–H groups in total. The predicted octanol–water partition coefficient (Wildman–Crippen LogP) is 0.0238. The van der Waals surface area contributed by atoms with Crippen molar-refractivity contribution in [2.75, 3.05) is 12.3 Å². The van der Waals surface area contributed by atoms with Crippen molar-refractivity contribution in [3.63, 3.8) is 0 Å². The van der Waals surface area contributed by atoms with E-state index in [2.05, 4.69) is 15.0 Å². The summed E-state index contributed by atoms with van der Waals surface area (Å²) in [7, 11) is 0. The van der Waals surface area contributed by atoms with E-state index in [1.165, 1.54) is 35.4 Å². The van der Waals surface area contributed by atoms with Crippen LogP contribution in [-0.4, -0.2) is 60.6 Å². The lowest BCUT2D eigenvalue weighted by Gasteiger charge is -2.16. The van der Waals surface area contributed by atoms with Crippen molar-refractivity contribution >= 4 is 23.0 Å². The van der Waals surface area contributed by atoms with Crippen LogP contribution in [0.2, 0.25) is 0 Å². The second-order valence-electron chi connectivity index (χ2n) is 6.21. The van der Waals surface area contributed by atoms with E-state index in [1.54, 1.807) is 0 Å². The summed E-state index contributed by atoms with van der Waals surface area (Å²) in [5.41, 5.74) is 6.14. The van der Waals surface area contributed by atoms with Gasteiger partial charge in [-0.25, -0.2) is 24.1 Å². The number of nitrogens with zero attached hydrogens (tertiary/aromatic N) is 4. The van der Waals surface area contributed by atoms with Crippen LogP contribution in [0.3, 0.4) is 0 Å². The number of fused-ring (bicyclic) bond motifs is 1. The summed E-state index contributed by atoms with van der Waals surface area (Å²) in [5, 5.41) is 20.6. The lowest BCUT2D eigenvalue weighted by atomic mass is 10.1. The molecule has 1 aliphatic heterocycles. The number of ether oxygens (including phenoxy) is 2. The van der Waals surface area contributed by atoms with Gasteiger partial charge in [-0.1, -0.05) is 12.1 Å². The van der Waals surface area contributed by atoms with E-state index in [0.717, 1.165) is 6.07 Å². The Morgan fingerprint density at radius 2 is 2.04 bits per heavy atom. The number of rotatable bonds is 4. The summed E-state index contributed by atoms with van der Waals surface area (Å²) in [4.78, 5) is 24.0. The zero-order valence-corrected chi connectivity index (χ0v) is 14.3. The Labute approximate surface area is 157 Å². The fraction of sp³-hybridized carbons (Fsp3) is 0.294. The van der Waals surface area contributed by atoms with Crippen molar-refractivity contribution < 1.29 is 28.9 Å². The Hall–Kier alpha value is -3.15. The molecule has 146 valence electrons. The Kier molecular flexibility index (Phi) is 4.63. The molecular weight excluding hydrogens is 373 g/mol. The first-order valence-corrected chi connectivity index (χ1v) is 8.33. The van der Waals surface area contributed by atoms with Gasteiger partial charge < -0.3 is 25.4 Å². The standard InChI is InChI=1S/C17H16FN5O5/c18-9-4-2-1-3-8(9)17(26)27-5-10-12(24)13(25)16(28-10)23-7-22-11-14(19)20-6-21-15(11)23/h1-4,6-7,10,12-13,16,24-25H,5H2,(H2,19,20,21)/t10-,12-,13-,16-/m1/s1. The maximum atomic E-state index is 13.7. The van der Waals surface area contributed by atoms with E-state index in [1.807, 2.05) is 0 Å². The topological polar surface area (TPSA) is 146 Å². The number of carbonyl (C=O) groups is 1. The first kappa shape index (κ1) is 18.2. The van der Waals surface area contributed by atoms with Crippen molar-refractivity contribution in [2.24, 2.45) is 0 Å². The molecule has 0 spiro atoms. The Balaban J connectivity index is 1.49. The maximum Gasteiger partial charge on any atom is 0.341 e. The van der Waals surface area contributed by atoms with Crippen molar-refractivity contribution in [3.05, 3.63) is 48.3 Å². The highest BCUT2D eigenvalue weighted by molar-refractivity contribution is 5.89. The summed E-state index contributed by atoms with van der Waals surface area (Å²) in [6.45, 7) is -0.383. The molecule has 1 saturated heterocycles. The number of aromatic nitrogens is 4. The van der Waals surface area contributed by atoms with Gasteiger partial charge in [0.05, 0.1) is 11.9 Å². The average molecular weight is 389 g/mol. The lowest BCUT2D eigenvalue weighted by Crippen LogP contribution is -2.34. The summed E-state index contributed by atoms with van der Waals surface area (Å²) in [6, 6.07) is 5.36. The fourth-order valence-corrected chi connectivity index (χ4v) is 3.02. The van der Waals surface area contributed by atoms with Crippen molar-refractivity contribution in [2.45, 2.75) is 24.5 Å². The van der Waals surface area contributed by atoms with Gasteiger partial charge in [-0.05, 0) is 12.1 Å². The second-order valence-corrected chi connectivity index (χ2v) is 6.21. The van der Waals surface area contributed by atoms with Gasteiger partial charge in [0, 0.05) is 0 Å². The summed E-state index contributed by atoms with van der Waals surface area (Å²) in [6.07, 6.45) is -2.18. The van der Waals surface area contributed by atoms with Gasteiger partial charge in [0.15, 0.2) is 17.7 Å². The van der Waals surface area contributed by atoms with Crippen LogP contribution in [0.4, 0.5) is 10.2 Å². The van der Waals surface area contributed by atoms with Gasteiger partial charge in [-0.3, -0.25) is 4.57 Å². The minimum absolute atomic E-state index is 0.159. The van der Waals surface area contributed by atoms with Crippen LogP contribution < -0.4 is 5.73 Å². The molecule has 4 atom stereocenters. The van der Waals surface area contributed by atoms with Gasteiger partial charge in [0.1, 0.15) is 42.6 Å². The smallest absolute Gasteiger partial charge is 0.341 e. The number of hydrogen-bond acceptors (Lipinski definition) is 9. The van der Waals surface area contributed by atoms with E-state index in [4.69, 9.17) is 15.2 Å². The van der Waals surface area contributed by atoms with Gasteiger partial charge in [-0.15, -0.1) is 0 Å². The quantitative estimate of drug-likeness (QED) is 0.526. The van der Waals surface area contributed by atoms with Crippen LogP contribution in [0.1, 0.15) is 16.6 Å². The highest BCUT2D eigenvalue weighted by atomic mass is 19.1. The zero-order valence-electron chi connectivity index (χ0n) is 14.3. The molecule has 1 fully saturated rings. The molecule has 0 aliphatic carbocycles. The Morgan fingerprint density at radius 3 is 2.82 bits per heavy atom. The van der Waals surface area contributed by atoms with Crippen LogP contribution >= 0.6 is 0 Å². The molecule has 1 aliphatic rings. The molecule has 0 radical (unpaired) electrons. The van der Waals surface area contributed by atoms with E-state index in [-0.39, 0.29) is 18.0 Å². The van der Waals surface area contributed by atoms with Gasteiger partial charge in [-0.2, -0.15) is 0 Å². The third kappa shape index (κ3) is 3.05. The number of nitrogens with two attached hydrogens (primary N) is 1. The monoisotopic (exact) mass is 389 g/mol. The molecule has 1 aromatic carbocycles. The molecule has 28 heavy (non-hydrogen) atoms. The zero-order chi connectivity index (χ0) is 19.8. The summed E-state index contributed by atoms with van der Waals surface area (Å²) >= 11 is 0. The molecule has 0 unspecified atom stereocenters. The van der Waals surface area contributed by atoms with E-state index in [0.29, 0.717) is 11.2 Å². The average Bonchev–Trinajstić information content (AvgIpc) is 3.23. The number of carbonyl (C=O) groups excluding carboxylic acids is 1. The number of imidazole rings is 1. The number of aliphatic hydroxyl groups excluding tert-OH is 2. The van der Waals surface area contributed by atoms with Gasteiger partial charge >= 0.3 is 5.97 Å². The molecule has 4 rings (SSSR count). The maximum absolute atomic E-state index is 13.7. The van der Waals surface area contributed by atoms with Crippen molar-refractivity contribution in [1.82, 2.24) is 19.5 Å². The molecule has 0 saturated carbocycles. The highest BCUT2D eigenvalue weighted by Crippen LogP contribution is 2.32. The number of aliphatic hydroxyl groups is 2. The van der Waals surface area contributed by atoms with E-state index >= 15 is 0 Å². The molecular formula is C17H16FN5O5.